The maximum atomic E-state index is 11.8. The van der Waals surface area contributed by atoms with Crippen molar-refractivity contribution in [2.45, 2.75) is 45.7 Å². The maximum absolute atomic E-state index is 11.8. The number of rotatable bonds is 6. The van der Waals surface area contributed by atoms with Gasteiger partial charge in [0.1, 0.15) is 0 Å². The third kappa shape index (κ3) is 7.84. The number of benzene rings is 1. The molecule has 3 N–H and O–H groups in total. The number of hydrogen-bond donors (Lipinski definition) is 2. The average molecular weight is 376 g/mol. The first-order valence-electron chi connectivity index (χ1n) is 8.47. The van der Waals surface area contributed by atoms with Gasteiger partial charge in [-0.3, -0.25) is 9.69 Å². The van der Waals surface area contributed by atoms with Crippen molar-refractivity contribution in [2.24, 2.45) is 11.7 Å². The summed E-state index contributed by atoms with van der Waals surface area (Å²) in [6, 6.07) is 8.54. The van der Waals surface area contributed by atoms with E-state index in [1.807, 2.05) is 6.92 Å². The lowest BCUT2D eigenvalue weighted by Gasteiger charge is -2.20. The van der Waals surface area contributed by atoms with Gasteiger partial charge in [-0.25, -0.2) is 0 Å². The Balaban J connectivity index is 0.00000264. The van der Waals surface area contributed by atoms with Crippen LogP contribution in [0.1, 0.15) is 43.7 Å². The zero-order valence-corrected chi connectivity index (χ0v) is 16.1. The lowest BCUT2D eigenvalue weighted by Crippen LogP contribution is -2.32. The Morgan fingerprint density at radius 2 is 1.79 bits per heavy atom. The molecule has 0 radical (unpaired) electrons. The zero-order chi connectivity index (χ0) is 15.8. The van der Waals surface area contributed by atoms with E-state index in [1.165, 1.54) is 44.3 Å². The Kier molecular flexibility index (Phi) is 12.1. The number of halogens is 2. The summed E-state index contributed by atoms with van der Waals surface area (Å²) in [5, 5.41) is 2.96. The number of carbonyl (C=O) groups excluding carboxylic acids is 1. The highest BCUT2D eigenvalue weighted by molar-refractivity contribution is 5.85. The van der Waals surface area contributed by atoms with E-state index in [1.54, 1.807) is 0 Å². The number of nitrogens with one attached hydrogen (secondary N) is 1. The van der Waals surface area contributed by atoms with E-state index in [4.69, 9.17) is 5.73 Å². The molecule has 6 heteroatoms. The summed E-state index contributed by atoms with van der Waals surface area (Å²) < 4.78 is 0. The van der Waals surface area contributed by atoms with Crippen LogP contribution >= 0.6 is 24.8 Å². The second-order valence-electron chi connectivity index (χ2n) is 6.36. The van der Waals surface area contributed by atoms with Crippen LogP contribution in [-0.2, 0) is 17.9 Å². The van der Waals surface area contributed by atoms with Gasteiger partial charge in [0, 0.05) is 25.6 Å². The lowest BCUT2D eigenvalue weighted by atomic mass is 10.1. The quantitative estimate of drug-likeness (QED) is 0.802. The Bertz CT molecular complexity index is 477. The molecule has 0 aromatic heterocycles. The van der Waals surface area contributed by atoms with Crippen molar-refractivity contribution in [3.63, 3.8) is 0 Å². The zero-order valence-electron chi connectivity index (χ0n) is 14.5. The SMILES string of the molecule is CC(CN)C(=O)NCc1cccc(CN2CCCCCC2)c1.Cl.Cl. The van der Waals surface area contributed by atoms with Crippen molar-refractivity contribution >= 4 is 30.7 Å². The van der Waals surface area contributed by atoms with E-state index in [0.29, 0.717) is 13.1 Å². The van der Waals surface area contributed by atoms with E-state index in [-0.39, 0.29) is 36.6 Å². The molecule has 1 aliphatic heterocycles. The number of hydrogen-bond acceptors (Lipinski definition) is 3. The highest BCUT2D eigenvalue weighted by Gasteiger charge is 2.11. The fraction of sp³-hybridized carbons (Fsp3) is 0.611. The molecular weight excluding hydrogens is 345 g/mol. The second-order valence-corrected chi connectivity index (χ2v) is 6.36. The topological polar surface area (TPSA) is 58.4 Å². The van der Waals surface area contributed by atoms with Gasteiger partial charge in [0.25, 0.3) is 0 Å². The molecule has 1 unspecified atom stereocenters. The summed E-state index contributed by atoms with van der Waals surface area (Å²) >= 11 is 0. The van der Waals surface area contributed by atoms with E-state index in [9.17, 15) is 4.79 Å². The van der Waals surface area contributed by atoms with Crippen LogP contribution in [0.3, 0.4) is 0 Å². The second kappa shape index (κ2) is 12.5. The minimum Gasteiger partial charge on any atom is -0.352 e. The molecule has 0 spiro atoms. The molecule has 0 saturated carbocycles. The predicted octanol–water partition coefficient (Wildman–Crippen LogP) is 3.12. The molecule has 1 aliphatic rings. The minimum absolute atomic E-state index is 0. The monoisotopic (exact) mass is 375 g/mol. The van der Waals surface area contributed by atoms with Crippen LogP contribution in [0, 0.1) is 5.92 Å². The van der Waals surface area contributed by atoms with Gasteiger partial charge in [0.2, 0.25) is 5.91 Å². The van der Waals surface area contributed by atoms with Crippen LogP contribution in [-0.4, -0.2) is 30.4 Å². The van der Waals surface area contributed by atoms with Gasteiger partial charge in [0.15, 0.2) is 0 Å². The third-order valence-electron chi connectivity index (χ3n) is 4.36. The standard InChI is InChI=1S/C18H29N3O.2ClH/c1-15(12-19)18(22)20-13-16-7-6-8-17(11-16)14-21-9-4-2-3-5-10-21;;/h6-8,11,15H,2-5,9-10,12-14,19H2,1H3,(H,20,22);2*1H. The molecule has 0 bridgehead atoms. The molecule has 1 aromatic carbocycles. The smallest absolute Gasteiger partial charge is 0.224 e. The van der Waals surface area contributed by atoms with E-state index in [2.05, 4.69) is 34.5 Å². The molecule has 4 nitrogen and oxygen atoms in total. The lowest BCUT2D eigenvalue weighted by molar-refractivity contribution is -0.124. The van der Waals surface area contributed by atoms with E-state index >= 15 is 0 Å². The molecule has 138 valence electrons. The molecule has 1 amide bonds. The minimum atomic E-state index is -0.125. The summed E-state index contributed by atoms with van der Waals surface area (Å²) in [5.41, 5.74) is 8.01. The summed E-state index contributed by atoms with van der Waals surface area (Å²) in [7, 11) is 0. The van der Waals surface area contributed by atoms with Crippen LogP contribution in [0.2, 0.25) is 0 Å². The van der Waals surface area contributed by atoms with Crippen LogP contribution < -0.4 is 11.1 Å². The highest BCUT2D eigenvalue weighted by Crippen LogP contribution is 2.14. The molecule has 24 heavy (non-hydrogen) atoms. The molecule has 1 aromatic rings. The van der Waals surface area contributed by atoms with Gasteiger partial charge in [-0.1, -0.05) is 44.0 Å². The van der Waals surface area contributed by atoms with Crippen molar-refractivity contribution in [1.29, 1.82) is 0 Å². The molecule has 1 heterocycles. The van der Waals surface area contributed by atoms with Crippen molar-refractivity contribution < 1.29 is 4.79 Å². The van der Waals surface area contributed by atoms with Crippen LogP contribution in [0.5, 0.6) is 0 Å². The van der Waals surface area contributed by atoms with Crippen LogP contribution in [0.25, 0.3) is 0 Å². The van der Waals surface area contributed by atoms with Gasteiger partial charge in [-0.2, -0.15) is 0 Å². The fourth-order valence-electron chi connectivity index (χ4n) is 2.86. The molecule has 2 rings (SSSR count). The molecule has 1 saturated heterocycles. The van der Waals surface area contributed by atoms with Crippen molar-refractivity contribution in [3.05, 3.63) is 35.4 Å². The number of amides is 1. The Morgan fingerprint density at radius 3 is 2.42 bits per heavy atom. The molecule has 0 aliphatic carbocycles. The average Bonchev–Trinajstić information content (AvgIpc) is 2.81. The fourth-order valence-corrected chi connectivity index (χ4v) is 2.86. The van der Waals surface area contributed by atoms with E-state index < -0.39 is 0 Å². The summed E-state index contributed by atoms with van der Waals surface area (Å²) in [5.74, 6) is -0.0966. The number of nitrogens with two attached hydrogens (primary N) is 1. The van der Waals surface area contributed by atoms with Gasteiger partial charge in [0.05, 0.1) is 0 Å². The number of carbonyl (C=O) groups is 1. The predicted molar refractivity (Wildman–Crippen MR) is 105 cm³/mol. The largest absolute Gasteiger partial charge is 0.352 e. The normalized spacial score (nSPS) is 16.2. The van der Waals surface area contributed by atoms with Gasteiger partial charge in [-0.15, -0.1) is 24.8 Å². The molecule has 1 atom stereocenters. The van der Waals surface area contributed by atoms with Crippen molar-refractivity contribution in [2.75, 3.05) is 19.6 Å². The van der Waals surface area contributed by atoms with Crippen LogP contribution in [0.4, 0.5) is 0 Å². The summed E-state index contributed by atoms with van der Waals surface area (Å²) in [6.45, 7) is 6.24. The first-order valence-corrected chi connectivity index (χ1v) is 8.47. The maximum Gasteiger partial charge on any atom is 0.224 e. The molecular formula is C18H31Cl2N3O. The third-order valence-corrected chi connectivity index (χ3v) is 4.36. The number of likely N-dealkylation sites (tertiary alicyclic amines) is 1. The Labute approximate surface area is 158 Å². The van der Waals surface area contributed by atoms with Crippen LogP contribution in [0.15, 0.2) is 24.3 Å². The van der Waals surface area contributed by atoms with Crippen molar-refractivity contribution in [1.82, 2.24) is 10.2 Å². The van der Waals surface area contributed by atoms with Gasteiger partial charge >= 0.3 is 0 Å². The summed E-state index contributed by atoms with van der Waals surface area (Å²) in [4.78, 5) is 14.3. The first kappa shape index (κ1) is 23.2. The number of nitrogens with zero attached hydrogens (tertiary/aromatic N) is 1. The van der Waals surface area contributed by atoms with E-state index in [0.717, 1.165) is 12.1 Å². The Hall–Kier alpha value is -0.810. The first-order chi connectivity index (χ1) is 10.7. The van der Waals surface area contributed by atoms with Gasteiger partial charge in [-0.05, 0) is 37.1 Å². The Morgan fingerprint density at radius 1 is 1.17 bits per heavy atom. The highest BCUT2D eigenvalue weighted by atomic mass is 35.5. The van der Waals surface area contributed by atoms with Crippen molar-refractivity contribution in [3.8, 4) is 0 Å². The summed E-state index contributed by atoms with van der Waals surface area (Å²) in [6.07, 6.45) is 5.35. The van der Waals surface area contributed by atoms with Gasteiger partial charge < -0.3 is 11.1 Å². The molecule has 1 fully saturated rings.